The molecule has 0 aromatic carbocycles. The summed E-state index contributed by atoms with van der Waals surface area (Å²) in [5.74, 6) is 1.25. The fourth-order valence-corrected chi connectivity index (χ4v) is 2.62. The molecule has 0 fully saturated rings. The normalized spacial score (nSPS) is 11.8. The number of nitrogens with zero attached hydrogens (tertiary/aromatic N) is 2. The first-order valence-electron chi connectivity index (χ1n) is 5.26. The van der Waals surface area contributed by atoms with E-state index in [1.54, 1.807) is 17.5 Å². The molecule has 0 radical (unpaired) electrons. The Morgan fingerprint density at radius 3 is 2.53 bits per heavy atom. The first-order chi connectivity index (χ1) is 7.88. The number of thiophene rings is 1. The summed E-state index contributed by atoms with van der Waals surface area (Å²) >= 11 is 3.86. The second-order valence-electron chi connectivity index (χ2n) is 4.84. The van der Waals surface area contributed by atoms with E-state index in [9.17, 15) is 0 Å². The smallest absolute Gasteiger partial charge is 0.171 e. The van der Waals surface area contributed by atoms with Crippen molar-refractivity contribution in [3.63, 3.8) is 0 Å². The predicted molar refractivity (Wildman–Crippen MR) is 81.2 cm³/mol. The molecule has 2 aromatic heterocycles. The van der Waals surface area contributed by atoms with E-state index in [0.717, 1.165) is 8.45 Å². The van der Waals surface area contributed by atoms with Gasteiger partial charge in [0.25, 0.3) is 0 Å². The van der Waals surface area contributed by atoms with Crippen molar-refractivity contribution in [3.8, 4) is 10.7 Å². The Morgan fingerprint density at radius 2 is 2.00 bits per heavy atom. The van der Waals surface area contributed by atoms with E-state index in [0.29, 0.717) is 11.6 Å². The molecule has 17 heavy (non-hydrogen) atoms. The number of anilines is 1. The van der Waals surface area contributed by atoms with Crippen LogP contribution < -0.4 is 5.73 Å². The van der Waals surface area contributed by atoms with Gasteiger partial charge in [-0.2, -0.15) is 0 Å². The highest BCUT2D eigenvalue weighted by molar-refractivity contribution is 14.1. The molecule has 0 unspecified atom stereocenters. The largest absolute Gasteiger partial charge is 0.383 e. The van der Waals surface area contributed by atoms with Crippen LogP contribution in [-0.2, 0) is 5.41 Å². The maximum Gasteiger partial charge on any atom is 0.171 e. The molecule has 2 aromatic rings. The van der Waals surface area contributed by atoms with Crippen molar-refractivity contribution < 1.29 is 0 Å². The highest BCUT2D eigenvalue weighted by Gasteiger charge is 2.17. The predicted octanol–water partition coefficient (Wildman–Crippen LogP) is 3.69. The van der Waals surface area contributed by atoms with E-state index >= 15 is 0 Å². The van der Waals surface area contributed by atoms with Crippen LogP contribution in [0.15, 0.2) is 18.3 Å². The summed E-state index contributed by atoms with van der Waals surface area (Å²) in [5, 5.41) is 0. The molecule has 5 heteroatoms. The van der Waals surface area contributed by atoms with Crippen LogP contribution in [0.4, 0.5) is 5.82 Å². The van der Waals surface area contributed by atoms with E-state index in [1.165, 1.54) is 4.88 Å². The number of rotatable bonds is 1. The minimum atomic E-state index is 0.164. The quantitative estimate of drug-likeness (QED) is 0.791. The summed E-state index contributed by atoms with van der Waals surface area (Å²) < 4.78 is 0.888. The van der Waals surface area contributed by atoms with Gasteiger partial charge in [-0.15, -0.1) is 11.3 Å². The van der Waals surface area contributed by atoms with Gasteiger partial charge < -0.3 is 5.73 Å². The van der Waals surface area contributed by atoms with Crippen LogP contribution >= 0.6 is 33.9 Å². The van der Waals surface area contributed by atoms with Gasteiger partial charge in [0, 0.05) is 11.1 Å². The van der Waals surface area contributed by atoms with E-state index in [2.05, 4.69) is 65.5 Å². The minimum absolute atomic E-state index is 0.164. The lowest BCUT2D eigenvalue weighted by Gasteiger charge is -2.15. The second-order valence-corrected chi connectivity index (χ2v) is 7.09. The molecule has 0 aliphatic heterocycles. The Bertz CT molecular complexity index is 543. The molecule has 2 heterocycles. The number of hydrogen-bond acceptors (Lipinski definition) is 4. The SMILES string of the molecule is CC(C)(C)c1ccc(-c2ncc(I)c(N)n2)s1. The van der Waals surface area contributed by atoms with Gasteiger partial charge >= 0.3 is 0 Å². The minimum Gasteiger partial charge on any atom is -0.383 e. The molecule has 2 N–H and O–H groups in total. The van der Waals surface area contributed by atoms with Crippen LogP contribution in [-0.4, -0.2) is 9.97 Å². The first kappa shape index (κ1) is 12.8. The highest BCUT2D eigenvalue weighted by atomic mass is 127. The topological polar surface area (TPSA) is 51.8 Å². The van der Waals surface area contributed by atoms with Crippen molar-refractivity contribution >= 4 is 39.7 Å². The molecule has 0 saturated heterocycles. The van der Waals surface area contributed by atoms with Gasteiger partial charge in [-0.25, -0.2) is 9.97 Å². The summed E-state index contributed by atoms with van der Waals surface area (Å²) in [6, 6.07) is 4.20. The average Bonchev–Trinajstić information content (AvgIpc) is 2.70. The molecule has 0 aliphatic rings. The fraction of sp³-hybridized carbons (Fsp3) is 0.333. The Morgan fingerprint density at radius 1 is 1.29 bits per heavy atom. The van der Waals surface area contributed by atoms with Crippen LogP contribution in [0.25, 0.3) is 10.7 Å². The molecule has 90 valence electrons. The summed E-state index contributed by atoms with van der Waals surface area (Å²) in [7, 11) is 0. The summed E-state index contributed by atoms with van der Waals surface area (Å²) in [6.45, 7) is 6.60. The number of nitrogens with two attached hydrogens (primary N) is 1. The van der Waals surface area contributed by atoms with Gasteiger partial charge in [0.2, 0.25) is 0 Å². The molecule has 0 spiro atoms. The van der Waals surface area contributed by atoms with Crippen molar-refractivity contribution in [3.05, 3.63) is 26.8 Å². The molecule has 0 atom stereocenters. The van der Waals surface area contributed by atoms with Crippen LogP contribution in [0.1, 0.15) is 25.6 Å². The van der Waals surface area contributed by atoms with E-state index < -0.39 is 0 Å². The number of nitrogen functional groups attached to an aromatic ring is 1. The van der Waals surface area contributed by atoms with Crippen molar-refractivity contribution in [1.29, 1.82) is 0 Å². The molecular formula is C12H14IN3S. The van der Waals surface area contributed by atoms with Crippen molar-refractivity contribution in [1.82, 2.24) is 9.97 Å². The van der Waals surface area contributed by atoms with Crippen molar-refractivity contribution in [2.75, 3.05) is 5.73 Å². The van der Waals surface area contributed by atoms with Gasteiger partial charge in [0.15, 0.2) is 5.82 Å². The molecule has 0 amide bonds. The van der Waals surface area contributed by atoms with Gasteiger partial charge in [-0.3, -0.25) is 0 Å². The molecule has 3 nitrogen and oxygen atoms in total. The number of aromatic nitrogens is 2. The zero-order chi connectivity index (χ0) is 12.6. The van der Waals surface area contributed by atoms with Crippen molar-refractivity contribution in [2.24, 2.45) is 0 Å². The standard InChI is InChI=1S/C12H14IN3S/c1-12(2,3)9-5-4-8(17-9)11-15-6-7(13)10(14)16-11/h4-6H,1-3H3,(H2,14,15,16). The molecule has 0 bridgehead atoms. The van der Waals surface area contributed by atoms with E-state index in [1.807, 2.05) is 0 Å². The molecule has 2 rings (SSSR count). The maximum atomic E-state index is 5.80. The Balaban J connectivity index is 2.40. The third kappa shape index (κ3) is 2.77. The maximum absolute atomic E-state index is 5.80. The zero-order valence-corrected chi connectivity index (χ0v) is 13.0. The van der Waals surface area contributed by atoms with Crippen molar-refractivity contribution in [2.45, 2.75) is 26.2 Å². The van der Waals surface area contributed by atoms with Gasteiger partial charge in [0.1, 0.15) is 5.82 Å². The fourth-order valence-electron chi connectivity index (χ4n) is 1.36. The van der Waals surface area contributed by atoms with Crippen LogP contribution in [0.3, 0.4) is 0 Å². The third-order valence-electron chi connectivity index (χ3n) is 2.34. The lowest BCUT2D eigenvalue weighted by molar-refractivity contribution is 0.604. The summed E-state index contributed by atoms with van der Waals surface area (Å²) in [5.41, 5.74) is 5.96. The number of hydrogen-bond donors (Lipinski definition) is 1. The number of halogens is 1. The average molecular weight is 359 g/mol. The van der Waals surface area contributed by atoms with E-state index in [-0.39, 0.29) is 5.41 Å². The monoisotopic (exact) mass is 359 g/mol. The summed E-state index contributed by atoms with van der Waals surface area (Å²) in [4.78, 5) is 11.0. The lowest BCUT2D eigenvalue weighted by atomic mass is 9.95. The Kier molecular flexibility index (Phi) is 3.40. The van der Waals surface area contributed by atoms with Gasteiger partial charge in [0.05, 0.1) is 8.45 Å². The second kappa shape index (κ2) is 4.53. The molecule has 0 aliphatic carbocycles. The Hall–Kier alpha value is -0.690. The van der Waals surface area contributed by atoms with E-state index in [4.69, 9.17) is 5.73 Å². The molecule has 0 saturated carbocycles. The van der Waals surface area contributed by atoms with Crippen LogP contribution in [0.2, 0.25) is 0 Å². The Labute approximate surface area is 119 Å². The van der Waals surface area contributed by atoms with Crippen LogP contribution in [0, 0.1) is 3.57 Å². The van der Waals surface area contributed by atoms with Gasteiger partial charge in [-0.1, -0.05) is 20.8 Å². The third-order valence-corrected chi connectivity index (χ3v) is 4.67. The molecular weight excluding hydrogens is 345 g/mol. The lowest BCUT2D eigenvalue weighted by Crippen LogP contribution is -2.07. The first-order valence-corrected chi connectivity index (χ1v) is 7.16. The highest BCUT2D eigenvalue weighted by Crippen LogP contribution is 2.33. The summed E-state index contributed by atoms with van der Waals surface area (Å²) in [6.07, 6.45) is 1.76. The zero-order valence-electron chi connectivity index (χ0n) is 9.99. The van der Waals surface area contributed by atoms with Gasteiger partial charge in [-0.05, 0) is 40.1 Å². The van der Waals surface area contributed by atoms with Crippen LogP contribution in [0.5, 0.6) is 0 Å².